The van der Waals surface area contributed by atoms with Crippen molar-refractivity contribution in [2.75, 3.05) is 20.2 Å². The fraction of sp³-hybridized carbons (Fsp3) is 0.143. The highest BCUT2D eigenvalue weighted by Crippen LogP contribution is 2.27. The summed E-state index contributed by atoms with van der Waals surface area (Å²) >= 11 is 0. The van der Waals surface area contributed by atoms with Crippen LogP contribution in [0.1, 0.15) is 15.9 Å². The normalized spacial score (nSPS) is 14.4. The van der Waals surface area contributed by atoms with Crippen LogP contribution in [0.3, 0.4) is 0 Å². The molecule has 1 heterocycles. The standard InChI is InChI=1S/C21H18N2O4S/c1-23(20-18-10-4-5-12-19(18)28(25,26)22-20)13-14-27-21(24)17-11-6-8-15-7-2-3-9-16(15)17/h2-12H,13-14H2,1H3. The van der Waals surface area contributed by atoms with Gasteiger partial charge in [-0.2, -0.15) is 8.42 Å². The Bertz CT molecular complexity index is 1200. The molecule has 28 heavy (non-hydrogen) atoms. The molecular formula is C21H18N2O4S. The van der Waals surface area contributed by atoms with E-state index in [-0.39, 0.29) is 11.5 Å². The SMILES string of the molecule is CN(CCOC(=O)c1cccc2ccccc12)C1=NS(=O)(=O)c2ccccc21. The van der Waals surface area contributed by atoms with Gasteiger partial charge in [0.05, 0.1) is 12.1 Å². The number of rotatable bonds is 4. The number of benzene rings is 3. The molecule has 0 spiro atoms. The van der Waals surface area contributed by atoms with Crippen LogP contribution in [0.2, 0.25) is 0 Å². The van der Waals surface area contributed by atoms with E-state index in [1.807, 2.05) is 36.4 Å². The van der Waals surface area contributed by atoms with Gasteiger partial charge in [0.1, 0.15) is 11.5 Å². The summed E-state index contributed by atoms with van der Waals surface area (Å²) < 4.78 is 33.6. The Morgan fingerprint density at radius 3 is 2.57 bits per heavy atom. The molecular weight excluding hydrogens is 376 g/mol. The molecule has 0 amide bonds. The number of ether oxygens (including phenoxy) is 1. The maximum Gasteiger partial charge on any atom is 0.338 e. The first-order valence-electron chi connectivity index (χ1n) is 8.78. The fourth-order valence-electron chi connectivity index (χ4n) is 3.23. The van der Waals surface area contributed by atoms with Crippen molar-refractivity contribution >= 4 is 32.6 Å². The van der Waals surface area contributed by atoms with E-state index >= 15 is 0 Å². The summed E-state index contributed by atoms with van der Waals surface area (Å²) in [5.74, 6) is -0.0524. The van der Waals surface area contributed by atoms with Gasteiger partial charge in [-0.05, 0) is 29.0 Å². The molecule has 0 bridgehead atoms. The third-order valence-corrected chi connectivity index (χ3v) is 5.97. The monoisotopic (exact) mass is 394 g/mol. The summed E-state index contributed by atoms with van der Waals surface area (Å²) in [7, 11) is -1.95. The minimum absolute atomic E-state index is 0.111. The number of amidine groups is 1. The van der Waals surface area contributed by atoms with Crippen molar-refractivity contribution in [1.29, 1.82) is 0 Å². The highest BCUT2D eigenvalue weighted by atomic mass is 32.2. The van der Waals surface area contributed by atoms with Crippen LogP contribution in [0.4, 0.5) is 0 Å². The summed E-state index contributed by atoms with van der Waals surface area (Å²) in [4.78, 5) is 14.4. The molecule has 6 nitrogen and oxygen atoms in total. The zero-order valence-corrected chi connectivity index (χ0v) is 16.0. The Morgan fingerprint density at radius 1 is 1.00 bits per heavy atom. The largest absolute Gasteiger partial charge is 0.460 e. The van der Waals surface area contributed by atoms with E-state index in [0.717, 1.165) is 10.8 Å². The van der Waals surface area contributed by atoms with Crippen LogP contribution in [0.25, 0.3) is 10.8 Å². The second kappa shape index (κ2) is 7.09. The average Bonchev–Trinajstić information content (AvgIpc) is 2.99. The highest BCUT2D eigenvalue weighted by Gasteiger charge is 2.30. The summed E-state index contributed by atoms with van der Waals surface area (Å²) in [5.41, 5.74) is 1.07. The number of sulfonamides is 1. The molecule has 0 aromatic heterocycles. The van der Waals surface area contributed by atoms with Crippen LogP contribution >= 0.6 is 0 Å². The molecule has 1 aliphatic rings. The van der Waals surface area contributed by atoms with E-state index in [0.29, 0.717) is 23.5 Å². The Balaban J connectivity index is 1.45. The smallest absolute Gasteiger partial charge is 0.338 e. The van der Waals surface area contributed by atoms with Crippen molar-refractivity contribution in [3.8, 4) is 0 Å². The topological polar surface area (TPSA) is 76.0 Å². The lowest BCUT2D eigenvalue weighted by Crippen LogP contribution is -2.30. The Morgan fingerprint density at radius 2 is 1.71 bits per heavy atom. The third-order valence-electron chi connectivity index (χ3n) is 4.64. The maximum absolute atomic E-state index is 12.5. The van der Waals surface area contributed by atoms with Crippen LogP contribution in [-0.4, -0.2) is 45.3 Å². The van der Waals surface area contributed by atoms with Crippen molar-refractivity contribution in [1.82, 2.24) is 4.90 Å². The van der Waals surface area contributed by atoms with Gasteiger partial charge in [0.15, 0.2) is 5.84 Å². The van der Waals surface area contributed by atoms with Crippen LogP contribution in [0.15, 0.2) is 76.0 Å². The molecule has 0 N–H and O–H groups in total. The zero-order valence-electron chi connectivity index (χ0n) is 15.2. The van der Waals surface area contributed by atoms with Gasteiger partial charge >= 0.3 is 5.97 Å². The molecule has 1 aliphatic heterocycles. The molecule has 3 aromatic rings. The zero-order chi connectivity index (χ0) is 19.7. The Hall–Kier alpha value is -3.19. The molecule has 0 atom stereocenters. The number of hydrogen-bond donors (Lipinski definition) is 0. The Labute approximate surface area is 163 Å². The van der Waals surface area contributed by atoms with Crippen molar-refractivity contribution in [3.05, 3.63) is 77.9 Å². The second-order valence-electron chi connectivity index (χ2n) is 6.47. The van der Waals surface area contributed by atoms with Gasteiger partial charge in [-0.15, -0.1) is 4.40 Å². The number of nitrogens with zero attached hydrogens (tertiary/aromatic N) is 2. The van der Waals surface area contributed by atoms with Crippen LogP contribution < -0.4 is 0 Å². The molecule has 0 fully saturated rings. The third kappa shape index (κ3) is 3.25. The van der Waals surface area contributed by atoms with E-state index in [4.69, 9.17) is 4.74 Å². The van der Waals surface area contributed by atoms with Crippen LogP contribution in [-0.2, 0) is 14.8 Å². The van der Waals surface area contributed by atoms with Crippen molar-refractivity contribution in [3.63, 3.8) is 0 Å². The lowest BCUT2D eigenvalue weighted by molar-refractivity contribution is 0.0494. The summed E-state index contributed by atoms with van der Waals surface area (Å²) in [6.45, 7) is 0.430. The van der Waals surface area contributed by atoms with Crippen molar-refractivity contribution < 1.29 is 17.9 Å². The van der Waals surface area contributed by atoms with Crippen molar-refractivity contribution in [2.45, 2.75) is 4.90 Å². The Kier molecular flexibility index (Phi) is 4.60. The quantitative estimate of drug-likeness (QED) is 0.636. The highest BCUT2D eigenvalue weighted by molar-refractivity contribution is 7.90. The molecule has 4 rings (SSSR count). The van der Waals surface area contributed by atoms with E-state index in [1.54, 1.807) is 36.2 Å². The van der Waals surface area contributed by atoms with Crippen LogP contribution in [0.5, 0.6) is 0 Å². The average molecular weight is 394 g/mol. The summed E-state index contributed by atoms with van der Waals surface area (Å²) in [6, 6.07) is 19.8. The number of likely N-dealkylation sites (N-methyl/N-ethyl adjacent to an activating group) is 1. The fourth-order valence-corrected chi connectivity index (χ4v) is 4.48. The summed E-state index contributed by atoms with van der Waals surface area (Å²) in [6.07, 6.45) is 0. The minimum Gasteiger partial charge on any atom is -0.460 e. The maximum atomic E-state index is 12.5. The molecule has 7 heteroatoms. The molecule has 3 aromatic carbocycles. The predicted octanol–water partition coefficient (Wildman–Crippen LogP) is 3.08. The molecule has 0 saturated carbocycles. The van der Waals surface area contributed by atoms with Gasteiger partial charge in [0.2, 0.25) is 0 Å². The number of carbonyl (C=O) groups is 1. The first-order valence-corrected chi connectivity index (χ1v) is 10.2. The molecule has 0 saturated heterocycles. The van der Waals surface area contributed by atoms with Gasteiger partial charge in [0, 0.05) is 12.6 Å². The van der Waals surface area contributed by atoms with Gasteiger partial charge in [0.25, 0.3) is 10.0 Å². The molecule has 0 radical (unpaired) electrons. The molecule has 0 aliphatic carbocycles. The van der Waals surface area contributed by atoms with E-state index in [1.165, 1.54) is 6.07 Å². The van der Waals surface area contributed by atoms with E-state index < -0.39 is 16.0 Å². The minimum atomic E-state index is -3.67. The molecule has 142 valence electrons. The number of hydrogen-bond acceptors (Lipinski definition) is 5. The first-order chi connectivity index (χ1) is 13.5. The first kappa shape index (κ1) is 18.2. The van der Waals surface area contributed by atoms with Crippen LogP contribution in [0, 0.1) is 0 Å². The second-order valence-corrected chi connectivity index (χ2v) is 8.04. The summed E-state index contributed by atoms with van der Waals surface area (Å²) in [5, 5.41) is 1.81. The van der Waals surface area contributed by atoms with Gasteiger partial charge in [-0.25, -0.2) is 4.79 Å². The predicted molar refractivity (Wildman–Crippen MR) is 107 cm³/mol. The van der Waals surface area contributed by atoms with E-state index in [2.05, 4.69) is 4.40 Å². The lowest BCUT2D eigenvalue weighted by atomic mass is 10.1. The molecule has 0 unspecified atom stereocenters. The number of carbonyl (C=O) groups excluding carboxylic acids is 1. The number of fused-ring (bicyclic) bond motifs is 2. The van der Waals surface area contributed by atoms with E-state index in [9.17, 15) is 13.2 Å². The number of esters is 1. The van der Waals surface area contributed by atoms with Gasteiger partial charge < -0.3 is 9.64 Å². The lowest BCUT2D eigenvalue weighted by Gasteiger charge is -2.19. The van der Waals surface area contributed by atoms with Crippen molar-refractivity contribution in [2.24, 2.45) is 4.40 Å². The van der Waals surface area contributed by atoms with Gasteiger partial charge in [-0.1, -0.05) is 48.5 Å². The van der Waals surface area contributed by atoms with Gasteiger partial charge in [-0.3, -0.25) is 0 Å².